The lowest BCUT2D eigenvalue weighted by Gasteiger charge is -2.16. The van der Waals surface area contributed by atoms with Gasteiger partial charge in [0.15, 0.2) is 0 Å². The van der Waals surface area contributed by atoms with Crippen LogP contribution in [-0.2, 0) is 11.2 Å². The minimum atomic E-state index is -0.186. The van der Waals surface area contributed by atoms with Gasteiger partial charge in [0.1, 0.15) is 5.75 Å². The molecule has 0 bridgehead atoms. The Kier molecular flexibility index (Phi) is 5.76. The Balaban J connectivity index is 1.52. The molecule has 6 nitrogen and oxygen atoms in total. The lowest BCUT2D eigenvalue weighted by molar-refractivity contribution is -0.121. The van der Waals surface area contributed by atoms with Crippen molar-refractivity contribution in [1.82, 2.24) is 15.2 Å². The van der Waals surface area contributed by atoms with Crippen molar-refractivity contribution in [2.75, 3.05) is 27.2 Å². The maximum atomic E-state index is 12.6. The van der Waals surface area contributed by atoms with Crippen molar-refractivity contribution in [3.63, 3.8) is 0 Å². The fourth-order valence-electron chi connectivity index (χ4n) is 2.97. The summed E-state index contributed by atoms with van der Waals surface area (Å²) in [7, 11) is 3.26. The molecule has 0 radical (unpaired) electrons. The highest BCUT2D eigenvalue weighted by Gasteiger charge is 2.18. The topological polar surface area (TPSA) is 74.4 Å². The molecule has 0 fully saturated rings. The van der Waals surface area contributed by atoms with Crippen molar-refractivity contribution in [3.05, 3.63) is 65.9 Å². The predicted molar refractivity (Wildman–Crippen MR) is 105 cm³/mol. The van der Waals surface area contributed by atoms with Gasteiger partial charge in [0, 0.05) is 30.7 Å². The molecule has 1 heterocycles. The van der Waals surface area contributed by atoms with E-state index in [0.29, 0.717) is 18.5 Å². The van der Waals surface area contributed by atoms with Gasteiger partial charge in [-0.25, -0.2) is 0 Å². The van der Waals surface area contributed by atoms with Crippen LogP contribution in [0.1, 0.15) is 15.9 Å². The zero-order chi connectivity index (χ0) is 19.2. The second-order valence-corrected chi connectivity index (χ2v) is 6.36. The van der Waals surface area contributed by atoms with E-state index in [9.17, 15) is 9.59 Å². The summed E-state index contributed by atoms with van der Waals surface area (Å²) in [6.45, 7) is 0.511. The molecule has 0 spiro atoms. The number of benzene rings is 2. The van der Waals surface area contributed by atoms with E-state index in [-0.39, 0.29) is 18.4 Å². The zero-order valence-corrected chi connectivity index (χ0v) is 15.5. The molecule has 3 aromatic rings. The second kappa shape index (κ2) is 8.40. The van der Waals surface area contributed by atoms with Crippen molar-refractivity contribution < 1.29 is 14.3 Å². The van der Waals surface area contributed by atoms with Crippen LogP contribution in [0.15, 0.2) is 54.7 Å². The molecular formula is C21H23N3O3. The summed E-state index contributed by atoms with van der Waals surface area (Å²) >= 11 is 0. The summed E-state index contributed by atoms with van der Waals surface area (Å²) in [5.41, 5.74) is 2.55. The molecule has 0 aliphatic heterocycles. The van der Waals surface area contributed by atoms with Crippen molar-refractivity contribution >= 4 is 22.7 Å². The number of H-pyrrole nitrogens is 1. The quantitative estimate of drug-likeness (QED) is 0.676. The minimum Gasteiger partial charge on any atom is -0.497 e. The molecule has 3 rings (SSSR count). The molecule has 27 heavy (non-hydrogen) atoms. The number of carbonyl (C=O) groups excluding carboxylic acids is 2. The number of aromatic nitrogens is 1. The number of rotatable bonds is 7. The van der Waals surface area contributed by atoms with Crippen LogP contribution >= 0.6 is 0 Å². The predicted octanol–water partition coefficient (Wildman–Crippen LogP) is 2.61. The minimum absolute atomic E-state index is 0.0104. The standard InChI is InChI=1S/C21H23N3O3/c1-24(21(26)18-13-23-19-9-4-3-8-17(18)19)14-20(25)22-11-10-15-6-5-7-16(12-15)27-2/h3-9,12-13,23H,10-11,14H2,1-2H3,(H,22,25). The number of fused-ring (bicyclic) bond motifs is 1. The van der Waals surface area contributed by atoms with Crippen LogP contribution in [0.5, 0.6) is 5.75 Å². The third-order valence-electron chi connectivity index (χ3n) is 4.42. The van der Waals surface area contributed by atoms with Gasteiger partial charge in [0.25, 0.3) is 5.91 Å². The maximum absolute atomic E-state index is 12.6. The number of para-hydroxylation sites is 1. The number of aromatic amines is 1. The van der Waals surface area contributed by atoms with Gasteiger partial charge in [-0.3, -0.25) is 9.59 Å². The molecule has 0 atom stereocenters. The van der Waals surface area contributed by atoms with Gasteiger partial charge < -0.3 is 19.9 Å². The Morgan fingerprint density at radius 3 is 2.78 bits per heavy atom. The summed E-state index contributed by atoms with van der Waals surface area (Å²) < 4.78 is 5.19. The van der Waals surface area contributed by atoms with Crippen molar-refractivity contribution in [1.29, 1.82) is 0 Å². The number of hydrogen-bond donors (Lipinski definition) is 2. The normalized spacial score (nSPS) is 10.6. The Hall–Kier alpha value is -3.28. The van der Waals surface area contributed by atoms with Gasteiger partial charge in [-0.1, -0.05) is 30.3 Å². The molecule has 0 aliphatic rings. The fraction of sp³-hybridized carbons (Fsp3) is 0.238. The number of ether oxygens (including phenoxy) is 1. The monoisotopic (exact) mass is 365 g/mol. The van der Waals surface area contributed by atoms with E-state index in [0.717, 1.165) is 22.2 Å². The number of methoxy groups -OCH3 is 1. The number of hydrogen-bond acceptors (Lipinski definition) is 3. The summed E-state index contributed by atoms with van der Waals surface area (Å²) in [6.07, 6.45) is 2.38. The molecule has 0 saturated carbocycles. The van der Waals surface area contributed by atoms with Crippen LogP contribution < -0.4 is 10.1 Å². The van der Waals surface area contributed by atoms with E-state index >= 15 is 0 Å². The lowest BCUT2D eigenvalue weighted by Crippen LogP contribution is -2.39. The Labute approximate surface area is 158 Å². The van der Waals surface area contributed by atoms with Gasteiger partial charge in [-0.05, 0) is 30.2 Å². The first kappa shape index (κ1) is 18.5. The highest BCUT2D eigenvalue weighted by atomic mass is 16.5. The summed E-state index contributed by atoms with van der Waals surface area (Å²) in [4.78, 5) is 29.3. The van der Waals surface area contributed by atoms with Crippen LogP contribution in [0.4, 0.5) is 0 Å². The third-order valence-corrected chi connectivity index (χ3v) is 4.42. The number of likely N-dealkylation sites (N-methyl/N-ethyl adjacent to an activating group) is 1. The Morgan fingerprint density at radius 2 is 1.96 bits per heavy atom. The molecule has 2 amide bonds. The smallest absolute Gasteiger partial charge is 0.256 e. The van der Waals surface area contributed by atoms with Crippen LogP contribution in [0.3, 0.4) is 0 Å². The number of nitrogens with one attached hydrogen (secondary N) is 2. The second-order valence-electron chi connectivity index (χ2n) is 6.36. The molecule has 0 unspecified atom stereocenters. The van der Waals surface area contributed by atoms with Gasteiger partial charge in [-0.2, -0.15) is 0 Å². The first-order valence-electron chi connectivity index (χ1n) is 8.79. The van der Waals surface area contributed by atoms with Crippen LogP contribution in [-0.4, -0.2) is 48.9 Å². The van der Waals surface area contributed by atoms with E-state index in [2.05, 4.69) is 10.3 Å². The van der Waals surface area contributed by atoms with E-state index < -0.39 is 0 Å². The van der Waals surface area contributed by atoms with Crippen molar-refractivity contribution in [3.8, 4) is 5.75 Å². The van der Waals surface area contributed by atoms with E-state index in [4.69, 9.17) is 4.74 Å². The molecular weight excluding hydrogens is 342 g/mol. The van der Waals surface area contributed by atoms with Gasteiger partial charge in [0.2, 0.25) is 5.91 Å². The molecule has 0 aliphatic carbocycles. The molecule has 6 heteroatoms. The number of amides is 2. The Bertz CT molecular complexity index is 949. The van der Waals surface area contributed by atoms with Crippen LogP contribution in [0.25, 0.3) is 10.9 Å². The Morgan fingerprint density at radius 1 is 1.15 bits per heavy atom. The zero-order valence-electron chi connectivity index (χ0n) is 15.5. The third kappa shape index (κ3) is 4.47. The fourth-order valence-corrected chi connectivity index (χ4v) is 2.97. The molecule has 2 aromatic carbocycles. The SMILES string of the molecule is COc1cccc(CCNC(=O)CN(C)C(=O)c2c[nH]c3ccccc23)c1. The molecule has 0 saturated heterocycles. The summed E-state index contributed by atoms with van der Waals surface area (Å²) in [5, 5.41) is 3.71. The lowest BCUT2D eigenvalue weighted by atomic mass is 10.1. The first-order chi connectivity index (χ1) is 13.1. The van der Waals surface area contributed by atoms with Crippen LogP contribution in [0, 0.1) is 0 Å². The average molecular weight is 365 g/mol. The molecule has 2 N–H and O–H groups in total. The summed E-state index contributed by atoms with van der Waals surface area (Å²) in [5.74, 6) is 0.423. The van der Waals surface area contributed by atoms with E-state index in [1.165, 1.54) is 4.90 Å². The largest absolute Gasteiger partial charge is 0.497 e. The molecule has 1 aromatic heterocycles. The van der Waals surface area contributed by atoms with E-state index in [1.807, 2.05) is 48.5 Å². The molecule has 140 valence electrons. The first-order valence-corrected chi connectivity index (χ1v) is 8.79. The van der Waals surface area contributed by atoms with E-state index in [1.54, 1.807) is 20.4 Å². The van der Waals surface area contributed by atoms with Crippen molar-refractivity contribution in [2.24, 2.45) is 0 Å². The van der Waals surface area contributed by atoms with Gasteiger partial charge >= 0.3 is 0 Å². The number of nitrogens with zero attached hydrogens (tertiary/aromatic N) is 1. The van der Waals surface area contributed by atoms with Gasteiger partial charge in [0.05, 0.1) is 19.2 Å². The maximum Gasteiger partial charge on any atom is 0.256 e. The summed E-state index contributed by atoms with van der Waals surface area (Å²) in [6, 6.07) is 15.3. The van der Waals surface area contributed by atoms with Gasteiger partial charge in [-0.15, -0.1) is 0 Å². The van der Waals surface area contributed by atoms with Crippen molar-refractivity contribution in [2.45, 2.75) is 6.42 Å². The number of carbonyl (C=O) groups is 2. The average Bonchev–Trinajstić information content (AvgIpc) is 3.11. The highest BCUT2D eigenvalue weighted by Crippen LogP contribution is 2.18. The van der Waals surface area contributed by atoms with Crippen LogP contribution in [0.2, 0.25) is 0 Å². The highest BCUT2D eigenvalue weighted by molar-refractivity contribution is 6.07.